The molecular weight excluding hydrogens is 244 g/mol. The molecule has 0 atom stereocenters. The highest BCUT2D eigenvalue weighted by Gasteiger charge is 2.19. The first-order valence-corrected chi connectivity index (χ1v) is 7.71. The zero-order valence-corrected chi connectivity index (χ0v) is 12.0. The minimum absolute atomic E-state index is 0.669. The molecular formula is C14H22N2OS. The van der Waals surface area contributed by atoms with Crippen LogP contribution in [0.15, 0.2) is 18.3 Å². The maximum atomic E-state index is 5.65. The Balaban J connectivity index is 1.66. The molecule has 0 radical (unpaired) electrons. The highest BCUT2D eigenvalue weighted by Crippen LogP contribution is 2.19. The van der Waals surface area contributed by atoms with Crippen molar-refractivity contribution in [2.24, 2.45) is 0 Å². The maximum Gasteiger partial charge on any atom is 0.137 e. The Morgan fingerprint density at radius 2 is 2.28 bits per heavy atom. The lowest BCUT2D eigenvalue weighted by atomic mass is 10.3. The van der Waals surface area contributed by atoms with Crippen LogP contribution < -0.4 is 10.1 Å². The summed E-state index contributed by atoms with van der Waals surface area (Å²) in [6, 6.07) is 4.79. The van der Waals surface area contributed by atoms with Crippen LogP contribution >= 0.6 is 11.8 Å². The van der Waals surface area contributed by atoms with Crippen molar-refractivity contribution in [3.05, 3.63) is 24.0 Å². The van der Waals surface area contributed by atoms with Gasteiger partial charge in [0.15, 0.2) is 0 Å². The summed E-state index contributed by atoms with van der Waals surface area (Å²) in [7, 11) is 0. The molecule has 0 aromatic carbocycles. The van der Waals surface area contributed by atoms with Crippen molar-refractivity contribution in [3.63, 3.8) is 0 Å². The summed E-state index contributed by atoms with van der Waals surface area (Å²) in [5, 5.41) is 4.12. The van der Waals surface area contributed by atoms with E-state index >= 15 is 0 Å². The second kappa shape index (κ2) is 7.00. The second-order valence-electron chi connectivity index (χ2n) is 4.91. The lowest BCUT2D eigenvalue weighted by Gasteiger charge is -2.08. The van der Waals surface area contributed by atoms with Crippen molar-refractivity contribution < 1.29 is 4.74 Å². The highest BCUT2D eigenvalue weighted by atomic mass is 32.2. The van der Waals surface area contributed by atoms with Crippen molar-refractivity contribution >= 4 is 11.8 Å². The van der Waals surface area contributed by atoms with Crippen LogP contribution in [0.1, 0.15) is 32.4 Å². The van der Waals surface area contributed by atoms with Crippen LogP contribution in [0.25, 0.3) is 0 Å². The molecule has 1 aliphatic carbocycles. The van der Waals surface area contributed by atoms with Crippen LogP contribution in [0, 0.1) is 0 Å². The number of nitrogens with one attached hydrogen (secondary N) is 1. The first-order chi connectivity index (χ1) is 8.74. The largest absolute Gasteiger partial charge is 0.491 e. The number of thioether (sulfide) groups is 1. The third kappa shape index (κ3) is 5.27. The summed E-state index contributed by atoms with van der Waals surface area (Å²) >= 11 is 1.92. The Bertz CT molecular complexity index is 349. The van der Waals surface area contributed by atoms with Gasteiger partial charge >= 0.3 is 0 Å². The van der Waals surface area contributed by atoms with Crippen LogP contribution in [-0.2, 0) is 6.54 Å². The van der Waals surface area contributed by atoms with Crippen LogP contribution in [0.3, 0.4) is 0 Å². The summed E-state index contributed by atoms with van der Waals surface area (Å²) in [5.74, 6) is 1.90. The lowest BCUT2D eigenvalue weighted by Crippen LogP contribution is -2.16. The second-order valence-corrected chi connectivity index (χ2v) is 6.59. The fraction of sp³-hybridized carbons (Fsp3) is 0.643. The maximum absolute atomic E-state index is 5.65. The molecule has 0 aliphatic heterocycles. The van der Waals surface area contributed by atoms with Gasteiger partial charge in [0.2, 0.25) is 0 Å². The van der Waals surface area contributed by atoms with E-state index in [1.807, 2.05) is 30.1 Å². The Morgan fingerprint density at radius 3 is 2.89 bits per heavy atom. The minimum Gasteiger partial charge on any atom is -0.491 e. The number of hydrogen-bond acceptors (Lipinski definition) is 4. The van der Waals surface area contributed by atoms with Gasteiger partial charge in [0.1, 0.15) is 5.75 Å². The number of aromatic nitrogens is 1. The van der Waals surface area contributed by atoms with Gasteiger partial charge in [-0.1, -0.05) is 13.8 Å². The zero-order chi connectivity index (χ0) is 12.8. The Labute approximate surface area is 114 Å². The van der Waals surface area contributed by atoms with Gasteiger partial charge in [0, 0.05) is 18.3 Å². The monoisotopic (exact) mass is 266 g/mol. The summed E-state index contributed by atoms with van der Waals surface area (Å²) in [5.41, 5.74) is 1.09. The zero-order valence-electron chi connectivity index (χ0n) is 11.2. The van der Waals surface area contributed by atoms with Gasteiger partial charge in [0.05, 0.1) is 18.5 Å². The Morgan fingerprint density at radius 1 is 1.44 bits per heavy atom. The molecule has 1 saturated carbocycles. The van der Waals surface area contributed by atoms with Gasteiger partial charge < -0.3 is 10.1 Å². The molecule has 2 rings (SSSR count). The van der Waals surface area contributed by atoms with E-state index in [0.717, 1.165) is 36.4 Å². The standard InChI is InChI=1S/C14H22N2OS/c1-11(2)18-8-7-17-14-6-5-13(16-10-14)9-15-12-3-4-12/h5-6,10-12,15H,3-4,7-9H2,1-2H3. The lowest BCUT2D eigenvalue weighted by molar-refractivity contribution is 0.342. The van der Waals surface area contributed by atoms with Crippen LogP contribution in [0.2, 0.25) is 0 Å². The topological polar surface area (TPSA) is 34.1 Å². The summed E-state index contributed by atoms with van der Waals surface area (Å²) < 4.78 is 5.65. The summed E-state index contributed by atoms with van der Waals surface area (Å²) in [4.78, 5) is 4.40. The minimum atomic E-state index is 0.669. The summed E-state index contributed by atoms with van der Waals surface area (Å²) in [6.45, 7) is 6.03. The Kier molecular flexibility index (Phi) is 5.32. The molecule has 1 heterocycles. The molecule has 0 unspecified atom stereocenters. The van der Waals surface area contributed by atoms with Crippen molar-refractivity contribution in [1.29, 1.82) is 0 Å². The number of rotatable bonds is 8. The van der Waals surface area contributed by atoms with Crippen molar-refractivity contribution in [1.82, 2.24) is 10.3 Å². The molecule has 100 valence electrons. The normalized spacial score (nSPS) is 15.1. The smallest absolute Gasteiger partial charge is 0.137 e. The SMILES string of the molecule is CC(C)SCCOc1ccc(CNC2CC2)nc1. The molecule has 1 fully saturated rings. The molecule has 18 heavy (non-hydrogen) atoms. The third-order valence-electron chi connectivity index (χ3n) is 2.75. The Hall–Kier alpha value is -0.740. The van der Waals surface area contributed by atoms with Crippen molar-refractivity contribution in [2.45, 2.75) is 44.5 Å². The van der Waals surface area contributed by atoms with Crippen LogP contribution in [0.4, 0.5) is 0 Å². The molecule has 1 aliphatic rings. The van der Waals surface area contributed by atoms with Gasteiger partial charge in [-0.25, -0.2) is 0 Å². The predicted octanol–water partition coefficient (Wildman–Crippen LogP) is 2.85. The average Bonchev–Trinajstić information content (AvgIpc) is 3.17. The predicted molar refractivity (Wildman–Crippen MR) is 77.2 cm³/mol. The first-order valence-electron chi connectivity index (χ1n) is 6.67. The van der Waals surface area contributed by atoms with Gasteiger partial charge in [-0.3, -0.25) is 4.98 Å². The fourth-order valence-electron chi connectivity index (χ4n) is 1.58. The van der Waals surface area contributed by atoms with Crippen LogP contribution in [-0.4, -0.2) is 28.6 Å². The van der Waals surface area contributed by atoms with Crippen LogP contribution in [0.5, 0.6) is 5.75 Å². The molecule has 1 aromatic rings. The molecule has 0 amide bonds. The van der Waals surface area contributed by atoms with E-state index in [0.29, 0.717) is 5.25 Å². The van der Waals surface area contributed by atoms with E-state index < -0.39 is 0 Å². The van der Waals surface area contributed by atoms with E-state index in [1.54, 1.807) is 0 Å². The van der Waals surface area contributed by atoms with E-state index in [-0.39, 0.29) is 0 Å². The molecule has 4 heteroatoms. The first kappa shape index (κ1) is 13.7. The molecule has 0 bridgehead atoms. The third-order valence-corrected chi connectivity index (χ3v) is 3.82. The van der Waals surface area contributed by atoms with Gasteiger partial charge in [-0.2, -0.15) is 11.8 Å². The van der Waals surface area contributed by atoms with Crippen molar-refractivity contribution in [2.75, 3.05) is 12.4 Å². The quantitative estimate of drug-likeness (QED) is 0.734. The molecule has 0 spiro atoms. The van der Waals surface area contributed by atoms with Crippen molar-refractivity contribution in [3.8, 4) is 5.75 Å². The average molecular weight is 266 g/mol. The van der Waals surface area contributed by atoms with E-state index in [9.17, 15) is 0 Å². The summed E-state index contributed by atoms with van der Waals surface area (Å²) in [6.07, 6.45) is 4.45. The fourth-order valence-corrected chi connectivity index (χ4v) is 2.23. The van der Waals surface area contributed by atoms with Gasteiger partial charge in [-0.05, 0) is 30.2 Å². The molecule has 1 aromatic heterocycles. The van der Waals surface area contributed by atoms with E-state index in [4.69, 9.17) is 4.74 Å². The van der Waals surface area contributed by atoms with Gasteiger partial charge in [-0.15, -0.1) is 0 Å². The van der Waals surface area contributed by atoms with Gasteiger partial charge in [0.25, 0.3) is 0 Å². The number of ether oxygens (including phenoxy) is 1. The highest BCUT2D eigenvalue weighted by molar-refractivity contribution is 7.99. The number of hydrogen-bond donors (Lipinski definition) is 1. The number of pyridine rings is 1. The van der Waals surface area contributed by atoms with E-state index in [2.05, 4.69) is 24.1 Å². The molecule has 1 N–H and O–H groups in total. The number of nitrogens with zero attached hydrogens (tertiary/aromatic N) is 1. The van der Waals surface area contributed by atoms with E-state index in [1.165, 1.54) is 12.8 Å². The molecule has 3 nitrogen and oxygen atoms in total. The molecule has 0 saturated heterocycles.